The van der Waals surface area contributed by atoms with E-state index in [0.29, 0.717) is 11.9 Å². The summed E-state index contributed by atoms with van der Waals surface area (Å²) in [6.07, 6.45) is 6.00. The molecule has 1 saturated carbocycles. The Morgan fingerprint density at radius 2 is 2.21 bits per heavy atom. The zero-order chi connectivity index (χ0) is 13.1. The summed E-state index contributed by atoms with van der Waals surface area (Å²) in [6.45, 7) is 1.61. The van der Waals surface area contributed by atoms with Gasteiger partial charge in [0.1, 0.15) is 5.82 Å². The van der Waals surface area contributed by atoms with Crippen molar-refractivity contribution < 1.29 is 9.53 Å². The summed E-state index contributed by atoms with van der Waals surface area (Å²) < 4.78 is 5.42. The fraction of sp³-hybridized carbons (Fsp3) is 0.571. The summed E-state index contributed by atoms with van der Waals surface area (Å²) in [5, 5.41) is 6.23. The minimum Gasteiger partial charge on any atom is -0.379 e. The molecule has 2 aliphatic rings. The number of anilines is 2. The Bertz CT molecular complexity index is 437. The average Bonchev–Trinajstić information content (AvgIpc) is 3.27. The van der Waals surface area contributed by atoms with Crippen LogP contribution in [0.25, 0.3) is 0 Å². The van der Waals surface area contributed by atoms with Crippen molar-refractivity contribution in [2.75, 3.05) is 23.8 Å². The van der Waals surface area contributed by atoms with Gasteiger partial charge >= 0.3 is 0 Å². The Morgan fingerprint density at radius 1 is 1.32 bits per heavy atom. The molecule has 2 fully saturated rings. The zero-order valence-corrected chi connectivity index (χ0v) is 10.9. The van der Waals surface area contributed by atoms with Crippen LogP contribution in [0.4, 0.5) is 11.5 Å². The number of pyridine rings is 1. The molecule has 1 atom stereocenters. The molecule has 3 rings (SSSR count). The van der Waals surface area contributed by atoms with Crippen LogP contribution in [0.1, 0.15) is 25.7 Å². The van der Waals surface area contributed by atoms with Crippen molar-refractivity contribution in [3.8, 4) is 0 Å². The Morgan fingerprint density at radius 3 is 2.84 bits per heavy atom. The lowest BCUT2D eigenvalue weighted by atomic mass is 10.1. The average molecular weight is 261 g/mol. The second kappa shape index (κ2) is 5.57. The van der Waals surface area contributed by atoms with E-state index >= 15 is 0 Å². The van der Waals surface area contributed by atoms with E-state index in [2.05, 4.69) is 15.6 Å². The second-order valence-corrected chi connectivity index (χ2v) is 5.25. The normalized spacial score (nSPS) is 22.8. The fourth-order valence-corrected chi connectivity index (χ4v) is 2.22. The highest BCUT2D eigenvalue weighted by Gasteiger charge is 2.29. The van der Waals surface area contributed by atoms with Crippen LogP contribution in [0.5, 0.6) is 0 Å². The van der Waals surface area contributed by atoms with Gasteiger partial charge in [0, 0.05) is 18.6 Å². The summed E-state index contributed by atoms with van der Waals surface area (Å²) in [4.78, 5) is 15.9. The van der Waals surface area contributed by atoms with Crippen molar-refractivity contribution in [3.63, 3.8) is 0 Å². The van der Waals surface area contributed by atoms with E-state index in [1.807, 2.05) is 12.1 Å². The van der Waals surface area contributed by atoms with E-state index in [1.54, 1.807) is 6.20 Å². The molecule has 0 bridgehead atoms. The largest absolute Gasteiger partial charge is 0.379 e. The van der Waals surface area contributed by atoms with Crippen LogP contribution in [0, 0.1) is 5.92 Å². The van der Waals surface area contributed by atoms with Gasteiger partial charge in [-0.25, -0.2) is 4.98 Å². The van der Waals surface area contributed by atoms with Gasteiger partial charge in [0.15, 0.2) is 0 Å². The molecule has 1 amide bonds. The smallest absolute Gasteiger partial charge is 0.228 e. The topological polar surface area (TPSA) is 63.2 Å². The summed E-state index contributed by atoms with van der Waals surface area (Å²) in [6, 6.07) is 4.15. The predicted molar refractivity (Wildman–Crippen MR) is 73.1 cm³/mol. The summed E-state index contributed by atoms with van der Waals surface area (Å²) in [5.74, 6) is 0.926. The SMILES string of the molecule is O=C(Nc1ccc(N[C@@H]2CCCOC2)cn1)C1CC1. The Kier molecular flexibility index (Phi) is 3.64. The van der Waals surface area contributed by atoms with Crippen LogP contribution in [0.3, 0.4) is 0 Å². The van der Waals surface area contributed by atoms with Gasteiger partial charge < -0.3 is 15.4 Å². The standard InChI is InChI=1S/C14H19N3O2/c18-14(10-3-4-10)17-13-6-5-11(8-15-13)16-12-2-1-7-19-9-12/h5-6,8,10,12,16H,1-4,7,9H2,(H,15,17,18)/t12-/m1/s1. The number of rotatable bonds is 4. The first-order valence-electron chi connectivity index (χ1n) is 6.92. The number of aromatic nitrogens is 1. The first kappa shape index (κ1) is 12.4. The highest BCUT2D eigenvalue weighted by atomic mass is 16.5. The minimum atomic E-state index is 0.0916. The van der Waals surface area contributed by atoms with Crippen molar-refractivity contribution in [2.24, 2.45) is 5.92 Å². The van der Waals surface area contributed by atoms with E-state index in [0.717, 1.165) is 44.6 Å². The van der Waals surface area contributed by atoms with E-state index in [1.165, 1.54) is 0 Å². The summed E-state index contributed by atoms with van der Waals surface area (Å²) in [5.41, 5.74) is 0.972. The molecule has 19 heavy (non-hydrogen) atoms. The lowest BCUT2D eigenvalue weighted by Gasteiger charge is -2.23. The number of amides is 1. The first-order chi connectivity index (χ1) is 9.31. The quantitative estimate of drug-likeness (QED) is 0.870. The van der Waals surface area contributed by atoms with Crippen LogP contribution in [0.2, 0.25) is 0 Å². The summed E-state index contributed by atoms with van der Waals surface area (Å²) in [7, 11) is 0. The third-order valence-electron chi connectivity index (χ3n) is 3.49. The number of nitrogens with zero attached hydrogens (tertiary/aromatic N) is 1. The fourth-order valence-electron chi connectivity index (χ4n) is 2.22. The van der Waals surface area contributed by atoms with Gasteiger partial charge in [-0.2, -0.15) is 0 Å². The highest BCUT2D eigenvalue weighted by Crippen LogP contribution is 2.30. The minimum absolute atomic E-state index is 0.0916. The number of hydrogen-bond acceptors (Lipinski definition) is 4. The molecule has 0 radical (unpaired) electrons. The maximum atomic E-state index is 11.6. The van der Waals surface area contributed by atoms with Gasteiger partial charge in [0.25, 0.3) is 0 Å². The van der Waals surface area contributed by atoms with Gasteiger partial charge in [0.2, 0.25) is 5.91 Å². The van der Waals surface area contributed by atoms with Gasteiger partial charge in [-0.3, -0.25) is 4.79 Å². The maximum Gasteiger partial charge on any atom is 0.228 e. The van der Waals surface area contributed by atoms with Crippen LogP contribution in [0.15, 0.2) is 18.3 Å². The Hall–Kier alpha value is -1.62. The molecule has 2 N–H and O–H groups in total. The van der Waals surface area contributed by atoms with Gasteiger partial charge in [-0.1, -0.05) is 0 Å². The monoisotopic (exact) mass is 261 g/mol. The van der Waals surface area contributed by atoms with Gasteiger partial charge in [-0.05, 0) is 37.8 Å². The van der Waals surface area contributed by atoms with E-state index in [9.17, 15) is 4.79 Å². The molecule has 102 valence electrons. The lowest BCUT2D eigenvalue weighted by molar-refractivity contribution is -0.117. The van der Waals surface area contributed by atoms with Crippen LogP contribution >= 0.6 is 0 Å². The van der Waals surface area contributed by atoms with Gasteiger partial charge in [0.05, 0.1) is 18.5 Å². The van der Waals surface area contributed by atoms with Crippen LogP contribution in [-0.4, -0.2) is 30.1 Å². The van der Waals surface area contributed by atoms with E-state index in [-0.39, 0.29) is 11.8 Å². The van der Waals surface area contributed by atoms with Crippen molar-refractivity contribution in [1.82, 2.24) is 4.98 Å². The van der Waals surface area contributed by atoms with Crippen molar-refractivity contribution in [3.05, 3.63) is 18.3 Å². The lowest BCUT2D eigenvalue weighted by Crippen LogP contribution is -2.29. The third-order valence-corrected chi connectivity index (χ3v) is 3.49. The van der Waals surface area contributed by atoms with Crippen LogP contribution in [-0.2, 0) is 9.53 Å². The number of nitrogens with one attached hydrogen (secondary N) is 2. The molecule has 1 saturated heterocycles. The number of carbonyl (C=O) groups is 1. The molecule has 0 unspecified atom stereocenters. The molecule has 5 heteroatoms. The summed E-state index contributed by atoms with van der Waals surface area (Å²) >= 11 is 0. The third kappa shape index (κ3) is 3.44. The second-order valence-electron chi connectivity index (χ2n) is 5.25. The molecule has 1 aliphatic carbocycles. The van der Waals surface area contributed by atoms with E-state index in [4.69, 9.17) is 4.74 Å². The molecular formula is C14H19N3O2. The maximum absolute atomic E-state index is 11.6. The molecular weight excluding hydrogens is 242 g/mol. The van der Waals surface area contributed by atoms with Crippen molar-refractivity contribution in [2.45, 2.75) is 31.7 Å². The first-order valence-corrected chi connectivity index (χ1v) is 6.92. The molecule has 1 aromatic rings. The van der Waals surface area contributed by atoms with Gasteiger partial charge in [-0.15, -0.1) is 0 Å². The molecule has 0 spiro atoms. The molecule has 2 heterocycles. The Balaban J connectivity index is 1.54. The van der Waals surface area contributed by atoms with Crippen LogP contribution < -0.4 is 10.6 Å². The van der Waals surface area contributed by atoms with Crippen molar-refractivity contribution in [1.29, 1.82) is 0 Å². The molecule has 0 aromatic carbocycles. The molecule has 1 aromatic heterocycles. The van der Waals surface area contributed by atoms with E-state index < -0.39 is 0 Å². The Labute approximate surface area is 112 Å². The highest BCUT2D eigenvalue weighted by molar-refractivity contribution is 5.93. The molecule has 1 aliphatic heterocycles. The molecule has 5 nitrogen and oxygen atoms in total. The number of ether oxygens (including phenoxy) is 1. The predicted octanol–water partition coefficient (Wildman–Crippen LogP) is 2.02. The number of hydrogen-bond donors (Lipinski definition) is 2. The number of carbonyl (C=O) groups excluding carboxylic acids is 1. The zero-order valence-electron chi connectivity index (χ0n) is 10.9. The van der Waals surface area contributed by atoms with Crippen molar-refractivity contribution >= 4 is 17.4 Å².